The molecule has 0 saturated heterocycles. The second kappa shape index (κ2) is 13.3. The van der Waals surface area contributed by atoms with Crippen LogP contribution in [0.2, 0.25) is 0 Å². The van der Waals surface area contributed by atoms with E-state index in [1.165, 1.54) is 57.8 Å². The van der Waals surface area contributed by atoms with Gasteiger partial charge in [-0.2, -0.15) is 0 Å². The van der Waals surface area contributed by atoms with Gasteiger partial charge in [0.25, 0.3) is 0 Å². The van der Waals surface area contributed by atoms with Crippen LogP contribution in [0.1, 0.15) is 84.5 Å². The lowest BCUT2D eigenvalue weighted by Gasteiger charge is -2.40. The number of hydrogen-bond donors (Lipinski definition) is 1. The summed E-state index contributed by atoms with van der Waals surface area (Å²) < 4.78 is 0. The van der Waals surface area contributed by atoms with E-state index in [0.717, 1.165) is 18.8 Å². The maximum Gasteiger partial charge on any atom is 0.00790 e. The molecular weight excluding hydrogens is 470 g/mol. The Labute approximate surface area is 238 Å². The summed E-state index contributed by atoms with van der Waals surface area (Å²) in [5, 5.41) is 0. The predicted octanol–water partition coefficient (Wildman–Crippen LogP) is 9.90. The van der Waals surface area contributed by atoms with Gasteiger partial charge in [0.05, 0.1) is 0 Å². The molecule has 7 atom stereocenters. The summed E-state index contributed by atoms with van der Waals surface area (Å²) in [4.78, 5) is 0. The predicted molar refractivity (Wildman–Crippen MR) is 169 cm³/mol. The zero-order valence-electron chi connectivity index (χ0n) is 24.5. The standard InChI is InChI=1S/C38H51N/c1-4-6-15-38(39)37-25-24-34(35-13-9-10-14-36(35)37)31-21-18-30(19-22-31)28(5-2)17-16-27(3)32-23-20-29-11-7-8-12-33(29)26-32/h4-5,7,9-11,13-14,18,20-21,23,27,30-31,33,36-38H,1,6,8,12,15-17,19,22,24-26,39H2,2-3H3/b28-5+/t27?,30?,31?,33?,36?,37-,38?/m1/s1. The van der Waals surface area contributed by atoms with Gasteiger partial charge in [0, 0.05) is 12.0 Å². The molecule has 5 rings (SSSR count). The highest BCUT2D eigenvalue weighted by atomic mass is 14.7. The third-order valence-electron chi connectivity index (χ3n) is 10.5. The molecule has 5 aliphatic rings. The number of fused-ring (bicyclic) bond motifs is 2. The smallest absolute Gasteiger partial charge is 0.00790 e. The van der Waals surface area contributed by atoms with E-state index in [9.17, 15) is 0 Å². The summed E-state index contributed by atoms with van der Waals surface area (Å²) in [5.41, 5.74) is 14.8. The lowest BCUT2D eigenvalue weighted by atomic mass is 9.66. The quantitative estimate of drug-likeness (QED) is 0.284. The Balaban J connectivity index is 1.20. The minimum absolute atomic E-state index is 0.258. The van der Waals surface area contributed by atoms with Crippen LogP contribution in [0.25, 0.3) is 0 Å². The molecule has 0 aromatic rings. The minimum Gasteiger partial charge on any atom is -0.327 e. The van der Waals surface area contributed by atoms with Crippen molar-refractivity contribution in [1.82, 2.24) is 0 Å². The lowest BCUT2D eigenvalue weighted by molar-refractivity contribution is 0.300. The summed E-state index contributed by atoms with van der Waals surface area (Å²) in [6.07, 6.45) is 41.8. The number of rotatable bonds is 10. The fourth-order valence-corrected chi connectivity index (χ4v) is 7.99. The molecular formula is C38H51N. The van der Waals surface area contributed by atoms with Crippen LogP contribution in [0.3, 0.4) is 0 Å². The summed E-state index contributed by atoms with van der Waals surface area (Å²) in [6.45, 7) is 8.62. The number of hydrogen-bond acceptors (Lipinski definition) is 1. The fourth-order valence-electron chi connectivity index (χ4n) is 7.99. The van der Waals surface area contributed by atoms with E-state index in [4.69, 9.17) is 5.73 Å². The van der Waals surface area contributed by atoms with E-state index in [-0.39, 0.29) is 6.04 Å². The highest BCUT2D eigenvalue weighted by Gasteiger charge is 2.35. The Bertz CT molecular complexity index is 1130. The molecule has 5 aliphatic carbocycles. The van der Waals surface area contributed by atoms with Gasteiger partial charge in [-0.1, -0.05) is 96.6 Å². The van der Waals surface area contributed by atoms with Crippen molar-refractivity contribution in [3.63, 3.8) is 0 Å². The average Bonchev–Trinajstić information content (AvgIpc) is 2.99. The highest BCUT2D eigenvalue weighted by molar-refractivity contribution is 5.42. The van der Waals surface area contributed by atoms with Crippen molar-refractivity contribution in [3.05, 3.63) is 107 Å². The molecule has 39 heavy (non-hydrogen) atoms. The van der Waals surface area contributed by atoms with Crippen molar-refractivity contribution < 1.29 is 0 Å². The molecule has 0 saturated carbocycles. The molecule has 0 heterocycles. The van der Waals surface area contributed by atoms with Crippen LogP contribution < -0.4 is 5.73 Å². The van der Waals surface area contributed by atoms with E-state index in [1.54, 1.807) is 27.9 Å². The van der Waals surface area contributed by atoms with Gasteiger partial charge in [-0.05, 0) is 118 Å². The van der Waals surface area contributed by atoms with E-state index in [2.05, 4.69) is 87.3 Å². The van der Waals surface area contributed by atoms with Crippen LogP contribution in [-0.2, 0) is 0 Å². The third-order valence-corrected chi connectivity index (χ3v) is 10.5. The molecule has 0 aromatic heterocycles. The van der Waals surface area contributed by atoms with Crippen LogP contribution in [-0.4, -0.2) is 6.04 Å². The topological polar surface area (TPSA) is 26.0 Å². The first-order chi connectivity index (χ1) is 19.1. The van der Waals surface area contributed by atoms with Gasteiger partial charge in [-0.3, -0.25) is 0 Å². The Morgan fingerprint density at radius 3 is 2.74 bits per heavy atom. The summed E-state index contributed by atoms with van der Waals surface area (Å²) in [5.74, 6) is 3.68. The Hall–Kier alpha value is -2.38. The lowest BCUT2D eigenvalue weighted by Crippen LogP contribution is -2.38. The molecule has 1 heteroatoms. The van der Waals surface area contributed by atoms with Crippen molar-refractivity contribution in [3.8, 4) is 0 Å². The van der Waals surface area contributed by atoms with Crippen molar-refractivity contribution in [2.24, 2.45) is 41.2 Å². The first-order valence-corrected chi connectivity index (χ1v) is 15.9. The normalized spacial score (nSPS) is 31.8. The Kier molecular flexibility index (Phi) is 9.62. The molecule has 0 fully saturated rings. The maximum absolute atomic E-state index is 6.70. The number of allylic oxidation sites excluding steroid dienone is 17. The van der Waals surface area contributed by atoms with Crippen LogP contribution in [0, 0.1) is 35.5 Å². The second-order valence-corrected chi connectivity index (χ2v) is 12.8. The molecule has 6 unspecified atom stereocenters. The van der Waals surface area contributed by atoms with E-state index in [0.29, 0.717) is 29.6 Å². The Morgan fingerprint density at radius 1 is 1.05 bits per heavy atom. The van der Waals surface area contributed by atoms with Crippen molar-refractivity contribution in [1.29, 1.82) is 0 Å². The van der Waals surface area contributed by atoms with Crippen LogP contribution >= 0.6 is 0 Å². The van der Waals surface area contributed by atoms with Gasteiger partial charge in [0.2, 0.25) is 0 Å². The summed E-state index contributed by atoms with van der Waals surface area (Å²) in [6, 6.07) is 0.258. The van der Waals surface area contributed by atoms with Crippen molar-refractivity contribution in [2.75, 3.05) is 0 Å². The first kappa shape index (κ1) is 28.2. The Morgan fingerprint density at radius 2 is 1.95 bits per heavy atom. The van der Waals surface area contributed by atoms with Crippen molar-refractivity contribution in [2.45, 2.75) is 90.5 Å². The van der Waals surface area contributed by atoms with Crippen LogP contribution in [0.5, 0.6) is 0 Å². The third kappa shape index (κ3) is 6.51. The molecule has 0 bridgehead atoms. The van der Waals surface area contributed by atoms with Gasteiger partial charge in [0.1, 0.15) is 0 Å². The van der Waals surface area contributed by atoms with Crippen LogP contribution in [0.15, 0.2) is 107 Å². The van der Waals surface area contributed by atoms with Gasteiger partial charge < -0.3 is 5.73 Å². The molecule has 1 nitrogen and oxygen atoms in total. The van der Waals surface area contributed by atoms with Gasteiger partial charge in [-0.25, -0.2) is 0 Å². The first-order valence-electron chi connectivity index (χ1n) is 15.9. The van der Waals surface area contributed by atoms with Crippen molar-refractivity contribution >= 4 is 0 Å². The van der Waals surface area contributed by atoms with Gasteiger partial charge in [0.15, 0.2) is 0 Å². The molecule has 0 spiro atoms. The van der Waals surface area contributed by atoms with Gasteiger partial charge in [-0.15, -0.1) is 6.58 Å². The average molecular weight is 522 g/mol. The van der Waals surface area contributed by atoms with Gasteiger partial charge >= 0.3 is 0 Å². The minimum atomic E-state index is 0.258. The molecule has 208 valence electrons. The molecule has 0 amide bonds. The van der Waals surface area contributed by atoms with E-state index >= 15 is 0 Å². The number of nitrogens with two attached hydrogens (primary N) is 1. The SMILES string of the molecule is C=CCCC(N)[C@@H]1CCC(C2C=CC(/C(=C/C)CCC(C)C3=CC=C4C=CCCC4C3)CC2)=C2C=CC=CC21. The highest BCUT2D eigenvalue weighted by Crippen LogP contribution is 2.46. The second-order valence-electron chi connectivity index (χ2n) is 12.8. The van der Waals surface area contributed by atoms with E-state index < -0.39 is 0 Å². The monoisotopic (exact) mass is 521 g/mol. The molecule has 0 radical (unpaired) electrons. The largest absolute Gasteiger partial charge is 0.327 e. The molecule has 0 aliphatic heterocycles. The summed E-state index contributed by atoms with van der Waals surface area (Å²) >= 11 is 0. The molecule has 2 N–H and O–H groups in total. The zero-order chi connectivity index (χ0) is 27.2. The fraction of sp³-hybridized carbons (Fsp3) is 0.526. The zero-order valence-corrected chi connectivity index (χ0v) is 24.5. The molecule has 0 aromatic carbocycles. The van der Waals surface area contributed by atoms with E-state index in [1.807, 2.05) is 6.08 Å². The maximum atomic E-state index is 6.70. The summed E-state index contributed by atoms with van der Waals surface area (Å²) in [7, 11) is 0. The van der Waals surface area contributed by atoms with Crippen LogP contribution in [0.4, 0.5) is 0 Å².